The number of benzene rings is 1. The molecule has 0 atom stereocenters. The molecule has 234 valence electrons. The molecule has 0 amide bonds. The zero-order valence-corrected chi connectivity index (χ0v) is 26.1. The highest BCUT2D eigenvalue weighted by molar-refractivity contribution is 5.77. The van der Waals surface area contributed by atoms with Gasteiger partial charge >= 0.3 is 0 Å². The van der Waals surface area contributed by atoms with Gasteiger partial charge in [-0.1, -0.05) is 12.1 Å². The smallest absolute Gasteiger partial charge is 0.278 e. The van der Waals surface area contributed by atoms with Gasteiger partial charge in [0.2, 0.25) is 5.95 Å². The monoisotopic (exact) mass is 607 g/mol. The number of hydrogen-bond donors (Lipinski definition) is 2. The molecule has 11 heteroatoms. The normalized spacial score (nSPS) is 17.0. The first-order valence-corrected chi connectivity index (χ1v) is 15.7. The minimum atomic E-state index is -1.15. The molecule has 1 spiro atoms. The third kappa shape index (κ3) is 6.34. The standard InChI is InChI=1S/C34H41N9O2/c1-4-18-42-31(44)27-24-36-32(39-30(27)43(42)29-8-5-7-28(38-29)33(2,3)45)37-25-9-11-26(12-10-25)41-22-15-34(16-23-41)13-20-40(21-14-34)19-6-17-35/h4-5,7-12,24,45H,1,6,13-16,18-23H2,2-3H3,(H,36,37,39). The van der Waals surface area contributed by atoms with Crippen molar-refractivity contribution in [2.24, 2.45) is 5.41 Å². The summed E-state index contributed by atoms with van der Waals surface area (Å²) >= 11 is 0. The van der Waals surface area contributed by atoms with Gasteiger partial charge in [-0.3, -0.25) is 4.79 Å². The van der Waals surface area contributed by atoms with E-state index in [1.165, 1.54) is 42.2 Å². The van der Waals surface area contributed by atoms with Crippen LogP contribution in [0.1, 0.15) is 51.6 Å². The van der Waals surface area contributed by atoms with E-state index in [0.29, 0.717) is 40.3 Å². The van der Waals surface area contributed by atoms with E-state index in [1.807, 2.05) is 12.1 Å². The van der Waals surface area contributed by atoms with Gasteiger partial charge in [0.1, 0.15) is 11.0 Å². The highest BCUT2D eigenvalue weighted by Crippen LogP contribution is 2.42. The highest BCUT2D eigenvalue weighted by atomic mass is 16.3. The van der Waals surface area contributed by atoms with Gasteiger partial charge in [0, 0.05) is 43.6 Å². The predicted octanol–water partition coefficient (Wildman–Crippen LogP) is 4.73. The molecular weight excluding hydrogens is 566 g/mol. The second-order valence-electron chi connectivity index (χ2n) is 12.8. The number of piperidine rings is 2. The van der Waals surface area contributed by atoms with Gasteiger partial charge in [-0.15, -0.1) is 6.58 Å². The molecule has 0 bridgehead atoms. The Balaban J connectivity index is 1.18. The Kier molecular flexibility index (Phi) is 8.44. The van der Waals surface area contributed by atoms with Crippen molar-refractivity contribution < 1.29 is 5.11 Å². The Hall–Kier alpha value is -4.53. The number of likely N-dealkylation sites (tertiary alicyclic amines) is 1. The number of nitrogens with zero attached hydrogens (tertiary/aromatic N) is 8. The summed E-state index contributed by atoms with van der Waals surface area (Å²) < 4.78 is 3.17. The van der Waals surface area contributed by atoms with E-state index in [1.54, 1.807) is 42.8 Å². The van der Waals surface area contributed by atoms with Crippen molar-refractivity contribution in [1.29, 1.82) is 5.26 Å². The Morgan fingerprint density at radius 2 is 1.78 bits per heavy atom. The lowest BCUT2D eigenvalue weighted by atomic mass is 9.71. The predicted molar refractivity (Wildman–Crippen MR) is 176 cm³/mol. The van der Waals surface area contributed by atoms with Crippen LogP contribution in [0.4, 0.5) is 17.3 Å². The van der Waals surface area contributed by atoms with E-state index in [0.717, 1.165) is 38.4 Å². The topological polar surface area (TPSA) is 128 Å². The molecule has 0 aliphatic carbocycles. The van der Waals surface area contributed by atoms with Gasteiger partial charge in [0.25, 0.3) is 5.56 Å². The molecule has 1 aromatic carbocycles. The van der Waals surface area contributed by atoms with Crippen molar-refractivity contribution in [3.05, 3.63) is 77.4 Å². The molecule has 2 saturated heterocycles. The molecule has 11 nitrogen and oxygen atoms in total. The number of hydrogen-bond acceptors (Lipinski definition) is 9. The van der Waals surface area contributed by atoms with Crippen molar-refractivity contribution >= 4 is 28.4 Å². The molecule has 2 aliphatic rings. The molecule has 5 heterocycles. The fourth-order valence-corrected chi connectivity index (χ4v) is 6.57. The van der Waals surface area contributed by atoms with Gasteiger partial charge in [-0.2, -0.15) is 10.2 Å². The first kappa shape index (κ1) is 30.5. The van der Waals surface area contributed by atoms with Crippen LogP contribution in [-0.4, -0.2) is 67.0 Å². The van der Waals surface area contributed by atoms with Crippen molar-refractivity contribution in [2.45, 2.75) is 58.1 Å². The van der Waals surface area contributed by atoms with E-state index < -0.39 is 5.60 Å². The summed E-state index contributed by atoms with van der Waals surface area (Å²) in [6.07, 6.45) is 8.66. The number of rotatable bonds is 9. The summed E-state index contributed by atoms with van der Waals surface area (Å²) in [6.45, 7) is 12.6. The number of pyridine rings is 1. The van der Waals surface area contributed by atoms with Gasteiger partial charge in [0.15, 0.2) is 11.5 Å². The number of nitriles is 1. The molecule has 0 unspecified atom stereocenters. The molecule has 2 fully saturated rings. The second-order valence-corrected chi connectivity index (χ2v) is 12.8. The first-order chi connectivity index (χ1) is 21.7. The van der Waals surface area contributed by atoms with Crippen LogP contribution in [0.25, 0.3) is 16.9 Å². The van der Waals surface area contributed by atoms with Crippen LogP contribution in [0.3, 0.4) is 0 Å². The first-order valence-electron chi connectivity index (χ1n) is 15.7. The third-order valence-corrected chi connectivity index (χ3v) is 9.33. The number of anilines is 3. The van der Waals surface area contributed by atoms with Crippen LogP contribution in [0.2, 0.25) is 0 Å². The summed E-state index contributed by atoms with van der Waals surface area (Å²) in [7, 11) is 0. The molecule has 3 aromatic heterocycles. The quantitative estimate of drug-likeness (QED) is 0.260. The largest absolute Gasteiger partial charge is 0.384 e. The Morgan fingerprint density at radius 3 is 2.44 bits per heavy atom. The summed E-state index contributed by atoms with van der Waals surface area (Å²) in [5.41, 5.74) is 1.98. The van der Waals surface area contributed by atoms with Crippen molar-refractivity contribution in [2.75, 3.05) is 42.9 Å². The summed E-state index contributed by atoms with van der Waals surface area (Å²) in [5, 5.41) is 23.1. The maximum atomic E-state index is 13.3. The molecule has 2 aliphatic heterocycles. The summed E-state index contributed by atoms with van der Waals surface area (Å²) in [4.78, 5) is 32.0. The Bertz CT molecular complexity index is 1760. The number of aliphatic hydroxyl groups is 1. The van der Waals surface area contributed by atoms with Crippen LogP contribution < -0.4 is 15.8 Å². The minimum absolute atomic E-state index is 0.246. The van der Waals surface area contributed by atoms with E-state index in [9.17, 15) is 9.90 Å². The number of allylic oxidation sites excluding steroid dienone is 1. The second kappa shape index (κ2) is 12.5. The lowest BCUT2D eigenvalue weighted by molar-refractivity contribution is 0.0738. The van der Waals surface area contributed by atoms with Gasteiger partial charge < -0.3 is 20.2 Å². The molecule has 0 radical (unpaired) electrons. The van der Waals surface area contributed by atoms with Gasteiger partial charge in [-0.05, 0) is 94.4 Å². The SMILES string of the molecule is C=CCn1c(=O)c2cnc(Nc3ccc(N4CCC5(CCN(CCC#N)CC5)CC4)cc3)nc2n1-c1cccc(C(C)(C)O)n1. The van der Waals surface area contributed by atoms with Gasteiger partial charge in [0.05, 0.1) is 18.3 Å². The Labute approximate surface area is 263 Å². The van der Waals surface area contributed by atoms with Crippen LogP contribution in [0.5, 0.6) is 0 Å². The average Bonchev–Trinajstić information content (AvgIpc) is 3.31. The van der Waals surface area contributed by atoms with E-state index in [-0.39, 0.29) is 12.1 Å². The molecular formula is C34H41N9O2. The van der Waals surface area contributed by atoms with Crippen molar-refractivity contribution in [3.63, 3.8) is 0 Å². The maximum absolute atomic E-state index is 13.3. The molecule has 0 saturated carbocycles. The van der Waals surface area contributed by atoms with Crippen molar-refractivity contribution in [1.82, 2.24) is 29.2 Å². The lowest BCUT2D eigenvalue weighted by Gasteiger charge is -2.47. The molecule has 2 N–H and O–H groups in total. The van der Waals surface area contributed by atoms with Crippen molar-refractivity contribution in [3.8, 4) is 11.9 Å². The van der Waals surface area contributed by atoms with Gasteiger partial charge in [-0.25, -0.2) is 19.3 Å². The van der Waals surface area contributed by atoms with Crippen LogP contribution in [-0.2, 0) is 12.1 Å². The van der Waals surface area contributed by atoms with E-state index in [2.05, 4.69) is 49.9 Å². The van der Waals surface area contributed by atoms with E-state index in [4.69, 9.17) is 10.2 Å². The average molecular weight is 608 g/mol. The zero-order chi connectivity index (χ0) is 31.6. The fourth-order valence-electron chi connectivity index (χ4n) is 6.57. The summed E-state index contributed by atoms with van der Waals surface area (Å²) in [5.74, 6) is 0.824. The van der Waals surface area contributed by atoms with Crippen LogP contribution >= 0.6 is 0 Å². The summed E-state index contributed by atoms with van der Waals surface area (Å²) in [6, 6.07) is 15.9. The number of fused-ring (bicyclic) bond motifs is 1. The maximum Gasteiger partial charge on any atom is 0.278 e. The van der Waals surface area contributed by atoms with Crippen LogP contribution in [0.15, 0.2) is 66.1 Å². The minimum Gasteiger partial charge on any atom is -0.384 e. The van der Waals surface area contributed by atoms with Crippen LogP contribution in [0, 0.1) is 16.7 Å². The molecule has 6 rings (SSSR count). The number of aromatic nitrogens is 5. The molecule has 45 heavy (non-hydrogen) atoms. The zero-order valence-electron chi connectivity index (χ0n) is 26.1. The highest BCUT2D eigenvalue weighted by Gasteiger charge is 2.37. The Morgan fingerprint density at radius 1 is 1.07 bits per heavy atom. The molecule has 4 aromatic rings. The fraction of sp³-hybridized carbons (Fsp3) is 0.441. The number of nitrogens with one attached hydrogen (secondary N) is 1. The lowest BCUT2D eigenvalue weighted by Crippen LogP contribution is -2.47. The van der Waals surface area contributed by atoms with E-state index >= 15 is 0 Å². The third-order valence-electron chi connectivity index (χ3n) is 9.33.